The molecule has 0 aromatic heterocycles. The molecule has 1 aromatic carbocycles. The highest BCUT2D eigenvalue weighted by Gasteiger charge is 2.47. The molecule has 0 saturated heterocycles. The molecule has 16 heavy (non-hydrogen) atoms. The number of carboxylic acid groups (broad SMARTS) is 1. The fraction of sp³-hybridized carbons (Fsp3) is 0.417. The molecule has 2 rings (SSSR count). The van der Waals surface area contributed by atoms with E-state index in [0.717, 1.165) is 10.9 Å². The Morgan fingerprint density at radius 3 is 2.56 bits per heavy atom. The Bertz CT molecular complexity index is 412. The predicted octanol–water partition coefficient (Wildman–Crippen LogP) is 2.53. The lowest BCUT2D eigenvalue weighted by atomic mass is 9.69. The molecule has 0 bridgehead atoms. The summed E-state index contributed by atoms with van der Waals surface area (Å²) >= 11 is 3.31. The first-order valence-electron chi connectivity index (χ1n) is 5.23. The number of aliphatic hydroxyl groups is 1. The maximum Gasteiger partial charge on any atom is 0.313 e. The molecule has 1 fully saturated rings. The van der Waals surface area contributed by atoms with E-state index in [1.54, 1.807) is 18.2 Å². The van der Waals surface area contributed by atoms with Crippen LogP contribution in [0.1, 0.15) is 30.7 Å². The van der Waals surface area contributed by atoms with Gasteiger partial charge in [0.25, 0.3) is 0 Å². The van der Waals surface area contributed by atoms with Crippen molar-refractivity contribution in [2.45, 2.75) is 30.8 Å². The highest BCUT2D eigenvalue weighted by Crippen LogP contribution is 2.43. The summed E-state index contributed by atoms with van der Waals surface area (Å²) in [4.78, 5) is 11.3. The van der Waals surface area contributed by atoms with Gasteiger partial charge >= 0.3 is 5.97 Å². The molecule has 0 heterocycles. The zero-order valence-electron chi connectivity index (χ0n) is 8.69. The Morgan fingerprint density at radius 2 is 2.12 bits per heavy atom. The summed E-state index contributed by atoms with van der Waals surface area (Å²) in [6.07, 6.45) is 2.03. The SMILES string of the molecule is O=C(O)C(c1cccc(Br)c1)C1(O)CCC1. The van der Waals surface area contributed by atoms with Gasteiger partial charge in [-0.2, -0.15) is 0 Å². The molecule has 1 saturated carbocycles. The van der Waals surface area contributed by atoms with Crippen LogP contribution in [-0.2, 0) is 4.79 Å². The van der Waals surface area contributed by atoms with Crippen LogP contribution >= 0.6 is 15.9 Å². The predicted molar refractivity (Wildman–Crippen MR) is 63.3 cm³/mol. The average Bonchev–Trinajstić information content (AvgIpc) is 2.15. The highest BCUT2D eigenvalue weighted by molar-refractivity contribution is 9.10. The molecule has 1 aliphatic carbocycles. The fourth-order valence-electron chi connectivity index (χ4n) is 2.20. The highest BCUT2D eigenvalue weighted by atomic mass is 79.9. The van der Waals surface area contributed by atoms with Crippen LogP contribution in [0.5, 0.6) is 0 Å². The Hall–Kier alpha value is -0.870. The zero-order chi connectivity index (χ0) is 11.8. The number of carbonyl (C=O) groups is 1. The minimum Gasteiger partial charge on any atom is -0.481 e. The number of carboxylic acids is 1. The number of hydrogen-bond donors (Lipinski definition) is 2. The van der Waals surface area contributed by atoms with Gasteiger partial charge in [-0.15, -0.1) is 0 Å². The van der Waals surface area contributed by atoms with Crippen molar-refractivity contribution in [3.05, 3.63) is 34.3 Å². The molecule has 0 radical (unpaired) electrons. The van der Waals surface area contributed by atoms with Gasteiger partial charge in [-0.3, -0.25) is 4.79 Å². The first kappa shape index (κ1) is 11.6. The van der Waals surface area contributed by atoms with Crippen LogP contribution in [0.15, 0.2) is 28.7 Å². The smallest absolute Gasteiger partial charge is 0.313 e. The molecule has 0 spiro atoms. The molecule has 1 atom stereocenters. The lowest BCUT2D eigenvalue weighted by molar-refractivity contribution is -0.151. The number of halogens is 1. The molecule has 1 aromatic rings. The molecule has 1 aliphatic rings. The Kier molecular flexibility index (Phi) is 3.04. The third-order valence-corrected chi connectivity index (χ3v) is 3.68. The van der Waals surface area contributed by atoms with Gasteiger partial charge in [0, 0.05) is 4.47 Å². The lowest BCUT2D eigenvalue weighted by Gasteiger charge is -2.41. The number of rotatable bonds is 3. The van der Waals surface area contributed by atoms with Gasteiger partial charge in [-0.1, -0.05) is 28.1 Å². The Morgan fingerprint density at radius 1 is 1.44 bits per heavy atom. The van der Waals surface area contributed by atoms with Crippen molar-refractivity contribution >= 4 is 21.9 Å². The molecule has 86 valence electrons. The van der Waals surface area contributed by atoms with Crippen molar-refractivity contribution in [3.63, 3.8) is 0 Å². The second-order valence-corrected chi connectivity index (χ2v) is 5.20. The average molecular weight is 285 g/mol. The molecule has 2 N–H and O–H groups in total. The van der Waals surface area contributed by atoms with Crippen LogP contribution in [0.2, 0.25) is 0 Å². The molecular weight excluding hydrogens is 272 g/mol. The molecule has 0 aliphatic heterocycles. The van der Waals surface area contributed by atoms with Crippen LogP contribution in [0.3, 0.4) is 0 Å². The second-order valence-electron chi connectivity index (χ2n) is 4.28. The minimum absolute atomic E-state index is 0.566. The second kappa shape index (κ2) is 4.18. The third-order valence-electron chi connectivity index (χ3n) is 3.19. The van der Waals surface area contributed by atoms with E-state index < -0.39 is 17.5 Å². The van der Waals surface area contributed by atoms with Crippen molar-refractivity contribution in [2.24, 2.45) is 0 Å². The number of hydrogen-bond acceptors (Lipinski definition) is 2. The summed E-state index contributed by atoms with van der Waals surface area (Å²) in [6.45, 7) is 0. The van der Waals surface area contributed by atoms with Crippen LogP contribution in [-0.4, -0.2) is 21.8 Å². The molecular formula is C12H13BrO3. The topological polar surface area (TPSA) is 57.5 Å². The van der Waals surface area contributed by atoms with Crippen LogP contribution in [0.25, 0.3) is 0 Å². The van der Waals surface area contributed by atoms with Gasteiger partial charge in [0.1, 0.15) is 5.92 Å². The van der Waals surface area contributed by atoms with Gasteiger partial charge in [0.15, 0.2) is 0 Å². The zero-order valence-corrected chi connectivity index (χ0v) is 10.3. The van der Waals surface area contributed by atoms with Gasteiger partial charge in [0.2, 0.25) is 0 Å². The summed E-state index contributed by atoms with van der Waals surface area (Å²) in [5.41, 5.74) is -0.406. The van der Waals surface area contributed by atoms with E-state index in [4.69, 9.17) is 0 Å². The molecule has 1 unspecified atom stereocenters. The van der Waals surface area contributed by atoms with Crippen LogP contribution in [0, 0.1) is 0 Å². The van der Waals surface area contributed by atoms with Crippen molar-refractivity contribution in [3.8, 4) is 0 Å². The van der Waals surface area contributed by atoms with E-state index in [1.807, 2.05) is 6.07 Å². The van der Waals surface area contributed by atoms with Crippen molar-refractivity contribution in [1.82, 2.24) is 0 Å². The van der Waals surface area contributed by atoms with E-state index in [0.29, 0.717) is 18.4 Å². The van der Waals surface area contributed by atoms with E-state index in [-0.39, 0.29) is 0 Å². The minimum atomic E-state index is -1.06. The largest absolute Gasteiger partial charge is 0.481 e. The van der Waals surface area contributed by atoms with Crippen LogP contribution < -0.4 is 0 Å². The van der Waals surface area contributed by atoms with Crippen molar-refractivity contribution < 1.29 is 15.0 Å². The van der Waals surface area contributed by atoms with Crippen molar-refractivity contribution in [2.75, 3.05) is 0 Å². The normalized spacial score (nSPS) is 19.9. The quantitative estimate of drug-likeness (QED) is 0.897. The summed E-state index contributed by atoms with van der Waals surface area (Å²) < 4.78 is 0.833. The maximum atomic E-state index is 11.3. The molecule has 3 nitrogen and oxygen atoms in total. The van der Waals surface area contributed by atoms with E-state index >= 15 is 0 Å². The monoisotopic (exact) mass is 284 g/mol. The summed E-state index contributed by atoms with van der Waals surface area (Å²) in [5, 5.41) is 19.4. The number of aliphatic carboxylic acids is 1. The standard InChI is InChI=1S/C12H13BrO3/c13-9-4-1-3-8(7-9)10(11(14)15)12(16)5-2-6-12/h1,3-4,7,10,16H,2,5-6H2,(H,14,15). The van der Waals surface area contributed by atoms with E-state index in [1.165, 1.54) is 0 Å². The summed E-state index contributed by atoms with van der Waals surface area (Å²) in [7, 11) is 0. The van der Waals surface area contributed by atoms with Crippen molar-refractivity contribution in [1.29, 1.82) is 0 Å². The first-order valence-corrected chi connectivity index (χ1v) is 6.03. The summed E-state index contributed by atoms with van der Waals surface area (Å²) in [6, 6.07) is 7.14. The Balaban J connectivity index is 2.36. The van der Waals surface area contributed by atoms with Gasteiger partial charge in [-0.05, 0) is 37.0 Å². The third kappa shape index (κ3) is 1.99. The van der Waals surface area contributed by atoms with E-state index in [2.05, 4.69) is 15.9 Å². The maximum absolute atomic E-state index is 11.3. The number of benzene rings is 1. The Labute approximate surface area is 102 Å². The first-order chi connectivity index (χ1) is 7.53. The van der Waals surface area contributed by atoms with Crippen LogP contribution in [0.4, 0.5) is 0 Å². The van der Waals surface area contributed by atoms with Gasteiger partial charge < -0.3 is 10.2 Å². The molecule has 0 amide bonds. The lowest BCUT2D eigenvalue weighted by Crippen LogP contribution is -2.46. The van der Waals surface area contributed by atoms with Gasteiger partial charge in [0.05, 0.1) is 5.60 Å². The summed E-state index contributed by atoms with van der Waals surface area (Å²) in [5.74, 6) is -1.78. The molecule has 4 heteroatoms. The van der Waals surface area contributed by atoms with Gasteiger partial charge in [-0.25, -0.2) is 0 Å². The van der Waals surface area contributed by atoms with E-state index in [9.17, 15) is 15.0 Å². The fourth-order valence-corrected chi connectivity index (χ4v) is 2.61.